The summed E-state index contributed by atoms with van der Waals surface area (Å²) in [5, 5.41) is 4.02. The Labute approximate surface area is 196 Å². The van der Waals surface area contributed by atoms with Crippen molar-refractivity contribution in [3.8, 4) is 0 Å². The van der Waals surface area contributed by atoms with Gasteiger partial charge in [-0.25, -0.2) is 9.59 Å². The normalized spacial score (nSPS) is 19.1. The zero-order valence-electron chi connectivity index (χ0n) is 18.5. The van der Waals surface area contributed by atoms with E-state index in [-0.39, 0.29) is 18.2 Å². The molecule has 2 N–H and O–H groups in total. The number of amides is 3. The van der Waals surface area contributed by atoms with Gasteiger partial charge in [0.25, 0.3) is 0 Å². The summed E-state index contributed by atoms with van der Waals surface area (Å²) in [6, 6.07) is 26.8. The summed E-state index contributed by atoms with van der Waals surface area (Å²) >= 11 is 0. The lowest BCUT2D eigenvalue weighted by atomic mass is 9.79. The van der Waals surface area contributed by atoms with E-state index in [1.54, 1.807) is 9.80 Å². The SMILES string of the molecule is O=C(Nc1cccc2[nH]ccc12)N1CCN2C(=O)OC(c3ccccc3)(c3ccccc3)C2C1. The zero-order chi connectivity index (χ0) is 23.1. The number of ether oxygens (including phenoxy) is 1. The van der Waals surface area contributed by atoms with Gasteiger partial charge >= 0.3 is 12.1 Å². The van der Waals surface area contributed by atoms with E-state index in [4.69, 9.17) is 4.74 Å². The third kappa shape index (κ3) is 3.12. The Morgan fingerprint density at radius 1 is 0.912 bits per heavy atom. The van der Waals surface area contributed by atoms with Gasteiger partial charge < -0.3 is 19.9 Å². The number of aromatic nitrogens is 1. The first-order valence-electron chi connectivity index (χ1n) is 11.4. The van der Waals surface area contributed by atoms with Gasteiger partial charge in [0.2, 0.25) is 0 Å². The number of hydrogen-bond donors (Lipinski definition) is 2. The van der Waals surface area contributed by atoms with Gasteiger partial charge in [-0.15, -0.1) is 0 Å². The number of hydrogen-bond acceptors (Lipinski definition) is 3. The molecule has 170 valence electrons. The lowest BCUT2D eigenvalue weighted by Crippen LogP contribution is -2.59. The summed E-state index contributed by atoms with van der Waals surface area (Å²) in [6.07, 6.45) is 1.50. The lowest BCUT2D eigenvalue weighted by Gasteiger charge is -2.42. The molecule has 7 nitrogen and oxygen atoms in total. The summed E-state index contributed by atoms with van der Waals surface area (Å²) < 4.78 is 6.19. The third-order valence-electron chi connectivity index (χ3n) is 6.86. The van der Waals surface area contributed by atoms with Crippen molar-refractivity contribution in [2.24, 2.45) is 0 Å². The van der Waals surface area contributed by atoms with Crippen LogP contribution < -0.4 is 5.32 Å². The molecule has 0 saturated carbocycles. The van der Waals surface area contributed by atoms with E-state index in [0.717, 1.165) is 27.7 Å². The van der Waals surface area contributed by atoms with Crippen LogP contribution in [0.5, 0.6) is 0 Å². The fraction of sp³-hybridized carbons (Fsp3) is 0.185. The van der Waals surface area contributed by atoms with E-state index < -0.39 is 5.60 Å². The highest BCUT2D eigenvalue weighted by Gasteiger charge is 2.58. The summed E-state index contributed by atoms with van der Waals surface area (Å²) in [5.41, 5.74) is 2.49. The van der Waals surface area contributed by atoms with Crippen LogP contribution in [0.1, 0.15) is 11.1 Å². The maximum Gasteiger partial charge on any atom is 0.411 e. The third-order valence-corrected chi connectivity index (χ3v) is 6.86. The minimum absolute atomic E-state index is 0.192. The minimum atomic E-state index is -1.00. The van der Waals surface area contributed by atoms with Gasteiger partial charge in [0.15, 0.2) is 5.60 Å². The number of carbonyl (C=O) groups is 2. The standard InChI is InChI=1S/C27H24N4O3/c32-25(29-23-13-7-12-22-21(23)14-15-28-22)30-16-17-31-24(18-30)27(34-26(31)33,19-8-3-1-4-9-19)20-10-5-2-6-11-20/h1-15,24,28H,16-18H2,(H,29,32). The Kier molecular flexibility index (Phi) is 4.76. The van der Waals surface area contributed by atoms with Crippen molar-refractivity contribution in [3.63, 3.8) is 0 Å². The molecule has 0 spiro atoms. The molecule has 2 aliphatic rings. The molecule has 1 unspecified atom stereocenters. The van der Waals surface area contributed by atoms with E-state index in [2.05, 4.69) is 10.3 Å². The highest BCUT2D eigenvalue weighted by Crippen LogP contribution is 2.45. The number of nitrogens with zero attached hydrogens (tertiary/aromatic N) is 2. The number of H-pyrrole nitrogens is 1. The van der Waals surface area contributed by atoms with Crippen molar-refractivity contribution in [1.29, 1.82) is 0 Å². The van der Waals surface area contributed by atoms with E-state index >= 15 is 0 Å². The second-order valence-corrected chi connectivity index (χ2v) is 8.67. The molecule has 3 heterocycles. The van der Waals surface area contributed by atoms with Crippen LogP contribution in [0.3, 0.4) is 0 Å². The topological polar surface area (TPSA) is 77.7 Å². The molecular formula is C27H24N4O3. The van der Waals surface area contributed by atoms with Crippen LogP contribution >= 0.6 is 0 Å². The molecule has 3 aromatic carbocycles. The number of aromatic amines is 1. The molecule has 2 aliphatic heterocycles. The van der Waals surface area contributed by atoms with Crippen LogP contribution in [-0.4, -0.2) is 52.6 Å². The van der Waals surface area contributed by atoms with Crippen LogP contribution in [-0.2, 0) is 10.3 Å². The van der Waals surface area contributed by atoms with Crippen molar-refractivity contribution >= 4 is 28.7 Å². The van der Waals surface area contributed by atoms with Crippen LogP contribution in [0.2, 0.25) is 0 Å². The number of benzene rings is 3. The second kappa shape index (κ2) is 7.95. The van der Waals surface area contributed by atoms with Gasteiger partial charge in [-0.05, 0) is 18.2 Å². The molecule has 0 aliphatic carbocycles. The molecule has 2 saturated heterocycles. The van der Waals surface area contributed by atoms with Gasteiger partial charge in [0, 0.05) is 47.9 Å². The Morgan fingerprint density at radius 2 is 1.62 bits per heavy atom. The van der Waals surface area contributed by atoms with Crippen LogP contribution in [0.15, 0.2) is 91.1 Å². The molecule has 2 fully saturated rings. The Balaban J connectivity index is 1.35. The van der Waals surface area contributed by atoms with Crippen LogP contribution in [0.25, 0.3) is 10.9 Å². The molecule has 0 bridgehead atoms. The summed E-state index contributed by atoms with van der Waals surface area (Å²) in [4.78, 5) is 33.1. The summed E-state index contributed by atoms with van der Waals surface area (Å²) in [5.74, 6) is 0. The van der Waals surface area contributed by atoms with Crippen molar-refractivity contribution in [3.05, 3.63) is 102 Å². The number of piperazine rings is 1. The first-order chi connectivity index (χ1) is 16.7. The number of rotatable bonds is 3. The van der Waals surface area contributed by atoms with Crippen molar-refractivity contribution in [1.82, 2.24) is 14.8 Å². The van der Waals surface area contributed by atoms with E-state index in [0.29, 0.717) is 19.6 Å². The molecular weight excluding hydrogens is 428 g/mol. The average Bonchev–Trinajstić information content (AvgIpc) is 3.49. The monoisotopic (exact) mass is 452 g/mol. The number of cyclic esters (lactones) is 1. The van der Waals surface area contributed by atoms with Crippen molar-refractivity contribution < 1.29 is 14.3 Å². The summed E-state index contributed by atoms with van der Waals surface area (Å²) in [6.45, 7) is 1.19. The van der Waals surface area contributed by atoms with Gasteiger partial charge in [-0.2, -0.15) is 0 Å². The minimum Gasteiger partial charge on any atom is -0.431 e. The largest absolute Gasteiger partial charge is 0.431 e. The number of nitrogens with one attached hydrogen (secondary N) is 2. The first kappa shape index (κ1) is 20.4. The predicted molar refractivity (Wildman–Crippen MR) is 130 cm³/mol. The Bertz CT molecular complexity index is 1310. The molecule has 1 atom stereocenters. The molecule has 4 aromatic rings. The van der Waals surface area contributed by atoms with Crippen LogP contribution in [0, 0.1) is 0 Å². The maximum absolute atomic E-state index is 13.3. The van der Waals surface area contributed by atoms with Gasteiger partial charge in [-0.3, -0.25) is 4.90 Å². The van der Waals surface area contributed by atoms with Crippen LogP contribution in [0.4, 0.5) is 15.3 Å². The lowest BCUT2D eigenvalue weighted by molar-refractivity contribution is 0.0525. The highest BCUT2D eigenvalue weighted by atomic mass is 16.6. The quantitative estimate of drug-likeness (QED) is 0.470. The van der Waals surface area contributed by atoms with E-state index in [9.17, 15) is 9.59 Å². The number of carbonyl (C=O) groups excluding carboxylic acids is 2. The fourth-order valence-electron chi connectivity index (χ4n) is 5.23. The molecule has 6 rings (SSSR count). The Morgan fingerprint density at radius 3 is 2.32 bits per heavy atom. The number of anilines is 1. The molecule has 1 aromatic heterocycles. The second-order valence-electron chi connectivity index (χ2n) is 8.67. The predicted octanol–water partition coefficient (Wildman–Crippen LogP) is 4.78. The number of urea groups is 1. The number of fused-ring (bicyclic) bond motifs is 2. The van der Waals surface area contributed by atoms with Gasteiger partial charge in [-0.1, -0.05) is 66.7 Å². The smallest absolute Gasteiger partial charge is 0.411 e. The van der Waals surface area contributed by atoms with Gasteiger partial charge in [0.05, 0.1) is 5.69 Å². The fourth-order valence-corrected chi connectivity index (χ4v) is 5.23. The molecule has 7 heteroatoms. The molecule has 3 amide bonds. The summed E-state index contributed by atoms with van der Waals surface area (Å²) in [7, 11) is 0. The van der Waals surface area contributed by atoms with Crippen molar-refractivity contribution in [2.45, 2.75) is 11.6 Å². The Hall–Kier alpha value is -4.26. The zero-order valence-corrected chi connectivity index (χ0v) is 18.5. The maximum atomic E-state index is 13.3. The van der Waals surface area contributed by atoms with Gasteiger partial charge in [0.1, 0.15) is 6.04 Å². The molecule has 0 radical (unpaired) electrons. The average molecular weight is 453 g/mol. The van der Waals surface area contributed by atoms with Crippen molar-refractivity contribution in [2.75, 3.05) is 25.0 Å². The van der Waals surface area contributed by atoms with E-state index in [1.165, 1.54) is 0 Å². The van der Waals surface area contributed by atoms with E-state index in [1.807, 2.05) is 91.1 Å². The molecule has 34 heavy (non-hydrogen) atoms. The first-order valence-corrected chi connectivity index (χ1v) is 11.4. The highest BCUT2D eigenvalue weighted by molar-refractivity contribution is 6.00.